The number of rotatable bonds is 2. The molecule has 0 saturated heterocycles. The Labute approximate surface area is 112 Å². The molecule has 0 atom stereocenters. The number of para-hydroxylation sites is 1. The average Bonchev–Trinajstić information content (AvgIpc) is 2.49. The van der Waals surface area contributed by atoms with Crippen molar-refractivity contribution >= 4 is 17.4 Å². The molecule has 3 nitrogen and oxygen atoms in total. The lowest BCUT2D eigenvalue weighted by atomic mass is 10.1. The number of ether oxygens (including phenoxy) is 1. The predicted octanol–water partition coefficient (Wildman–Crippen LogP) is 3.53. The number of hydrogen-bond acceptors (Lipinski definition) is 3. The number of hydrogen-bond donors (Lipinski definition) is 1. The zero-order valence-electron chi connectivity index (χ0n) is 10.4. The van der Waals surface area contributed by atoms with Crippen LogP contribution in [0.5, 0.6) is 0 Å². The minimum Gasteiger partial charge on any atom is -0.460 e. The molecular formula is C16H14N2O. The van der Waals surface area contributed by atoms with Gasteiger partial charge in [-0.1, -0.05) is 48.5 Å². The third-order valence-corrected chi connectivity index (χ3v) is 2.81. The lowest BCUT2D eigenvalue weighted by Gasteiger charge is -2.15. The highest BCUT2D eigenvalue weighted by Crippen LogP contribution is 2.19. The van der Waals surface area contributed by atoms with Gasteiger partial charge in [-0.05, 0) is 18.2 Å². The van der Waals surface area contributed by atoms with Gasteiger partial charge in [-0.2, -0.15) is 4.99 Å². The van der Waals surface area contributed by atoms with Crippen LogP contribution < -0.4 is 5.32 Å². The second kappa shape index (κ2) is 5.40. The summed E-state index contributed by atoms with van der Waals surface area (Å²) >= 11 is 0. The van der Waals surface area contributed by atoms with E-state index in [1.54, 1.807) is 0 Å². The van der Waals surface area contributed by atoms with Crippen molar-refractivity contribution in [2.24, 2.45) is 4.99 Å². The molecule has 2 aromatic rings. The second-order valence-electron chi connectivity index (χ2n) is 4.17. The Kier molecular flexibility index (Phi) is 3.28. The van der Waals surface area contributed by atoms with E-state index >= 15 is 0 Å². The first-order chi connectivity index (χ1) is 9.42. The minimum atomic E-state index is 0.531. The molecule has 0 amide bonds. The number of benzene rings is 2. The maximum atomic E-state index is 5.50. The summed E-state index contributed by atoms with van der Waals surface area (Å²) < 4.78 is 5.50. The summed E-state index contributed by atoms with van der Waals surface area (Å²) in [5, 5.41) is 3.17. The number of amidine groups is 1. The zero-order chi connectivity index (χ0) is 12.9. The Bertz CT molecular complexity index is 603. The minimum absolute atomic E-state index is 0.531. The smallest absolute Gasteiger partial charge is 0.294 e. The Hall–Kier alpha value is -2.55. The molecule has 1 aliphatic rings. The van der Waals surface area contributed by atoms with Gasteiger partial charge < -0.3 is 10.1 Å². The normalized spacial score (nSPS) is 14.1. The van der Waals surface area contributed by atoms with E-state index in [1.165, 1.54) is 0 Å². The first-order valence-electron chi connectivity index (χ1n) is 6.21. The molecule has 0 aliphatic carbocycles. The third-order valence-electron chi connectivity index (χ3n) is 2.81. The highest BCUT2D eigenvalue weighted by Gasteiger charge is 2.09. The Morgan fingerprint density at radius 1 is 0.895 bits per heavy atom. The van der Waals surface area contributed by atoms with Crippen LogP contribution in [0.15, 0.2) is 71.7 Å². The van der Waals surface area contributed by atoms with Crippen LogP contribution in [0.1, 0.15) is 5.56 Å². The average molecular weight is 250 g/mol. The van der Waals surface area contributed by atoms with Crippen molar-refractivity contribution in [2.75, 3.05) is 11.9 Å². The molecule has 3 rings (SSSR count). The Balaban J connectivity index is 1.81. The van der Waals surface area contributed by atoms with E-state index < -0.39 is 0 Å². The summed E-state index contributed by atoms with van der Waals surface area (Å²) in [6.07, 6.45) is 1.98. The predicted molar refractivity (Wildman–Crippen MR) is 77.9 cm³/mol. The quantitative estimate of drug-likeness (QED) is 0.884. The molecular weight excluding hydrogens is 236 g/mol. The van der Waals surface area contributed by atoms with Crippen LogP contribution >= 0.6 is 0 Å². The molecule has 2 aromatic carbocycles. The molecule has 0 unspecified atom stereocenters. The van der Waals surface area contributed by atoms with E-state index in [9.17, 15) is 0 Å². The second-order valence-corrected chi connectivity index (χ2v) is 4.17. The van der Waals surface area contributed by atoms with Gasteiger partial charge in [0.2, 0.25) is 0 Å². The van der Waals surface area contributed by atoms with E-state index in [0.717, 1.165) is 16.9 Å². The molecule has 0 saturated carbocycles. The van der Waals surface area contributed by atoms with Gasteiger partial charge in [0.05, 0.1) is 5.70 Å². The van der Waals surface area contributed by atoms with Crippen molar-refractivity contribution in [3.8, 4) is 0 Å². The summed E-state index contributed by atoms with van der Waals surface area (Å²) in [6, 6.07) is 20.5. The fourth-order valence-corrected chi connectivity index (χ4v) is 1.89. The molecule has 0 bridgehead atoms. The van der Waals surface area contributed by atoms with Crippen LogP contribution in [-0.2, 0) is 4.74 Å². The molecule has 0 spiro atoms. The first-order valence-corrected chi connectivity index (χ1v) is 6.21. The van der Waals surface area contributed by atoms with Crippen molar-refractivity contribution in [3.63, 3.8) is 0 Å². The maximum absolute atomic E-state index is 5.50. The van der Waals surface area contributed by atoms with Gasteiger partial charge in [0.25, 0.3) is 6.02 Å². The van der Waals surface area contributed by atoms with E-state index in [2.05, 4.69) is 10.3 Å². The van der Waals surface area contributed by atoms with E-state index in [4.69, 9.17) is 4.74 Å². The monoisotopic (exact) mass is 250 g/mol. The van der Waals surface area contributed by atoms with Crippen LogP contribution in [0, 0.1) is 0 Å². The van der Waals surface area contributed by atoms with Crippen LogP contribution in [0.25, 0.3) is 5.70 Å². The number of nitrogens with one attached hydrogen (secondary N) is 1. The molecule has 3 heteroatoms. The summed E-state index contributed by atoms with van der Waals surface area (Å²) in [4.78, 5) is 4.49. The SMILES string of the molecule is C1=C(c2ccccc2)N=C(Nc2ccccc2)OC1. The lowest BCUT2D eigenvalue weighted by molar-refractivity contribution is 0.345. The van der Waals surface area contributed by atoms with Gasteiger partial charge in [0.1, 0.15) is 6.61 Å². The van der Waals surface area contributed by atoms with Crippen molar-refractivity contribution in [1.82, 2.24) is 0 Å². The highest BCUT2D eigenvalue weighted by atomic mass is 16.5. The number of nitrogens with zero attached hydrogens (tertiary/aromatic N) is 1. The molecule has 0 radical (unpaired) electrons. The van der Waals surface area contributed by atoms with E-state index in [1.807, 2.05) is 66.7 Å². The van der Waals surface area contributed by atoms with Crippen LogP contribution in [0.2, 0.25) is 0 Å². The van der Waals surface area contributed by atoms with Crippen molar-refractivity contribution in [3.05, 3.63) is 72.3 Å². The summed E-state index contributed by atoms with van der Waals surface area (Å²) in [5.41, 5.74) is 3.00. The summed E-state index contributed by atoms with van der Waals surface area (Å²) in [6.45, 7) is 0.531. The van der Waals surface area contributed by atoms with E-state index in [0.29, 0.717) is 12.6 Å². The summed E-state index contributed by atoms with van der Waals surface area (Å²) in [7, 11) is 0. The fraction of sp³-hybridized carbons (Fsp3) is 0.0625. The van der Waals surface area contributed by atoms with E-state index in [-0.39, 0.29) is 0 Å². The van der Waals surface area contributed by atoms with Crippen LogP contribution in [-0.4, -0.2) is 12.6 Å². The molecule has 1 heterocycles. The molecule has 1 N–H and O–H groups in total. The number of anilines is 1. The van der Waals surface area contributed by atoms with Gasteiger partial charge >= 0.3 is 0 Å². The molecule has 0 fully saturated rings. The lowest BCUT2D eigenvalue weighted by Crippen LogP contribution is -2.19. The molecule has 19 heavy (non-hydrogen) atoms. The molecule has 94 valence electrons. The fourth-order valence-electron chi connectivity index (χ4n) is 1.89. The summed E-state index contributed by atoms with van der Waals surface area (Å²) in [5.74, 6) is 0. The van der Waals surface area contributed by atoms with Gasteiger partial charge in [-0.25, -0.2) is 0 Å². The topological polar surface area (TPSA) is 33.6 Å². The van der Waals surface area contributed by atoms with Crippen molar-refractivity contribution < 1.29 is 4.74 Å². The zero-order valence-corrected chi connectivity index (χ0v) is 10.4. The van der Waals surface area contributed by atoms with Gasteiger partial charge in [-0.15, -0.1) is 0 Å². The number of aliphatic imine (C=N–C) groups is 1. The first kappa shape index (κ1) is 11.5. The largest absolute Gasteiger partial charge is 0.460 e. The van der Waals surface area contributed by atoms with Crippen molar-refractivity contribution in [2.45, 2.75) is 0 Å². The van der Waals surface area contributed by atoms with Crippen molar-refractivity contribution in [1.29, 1.82) is 0 Å². The van der Waals surface area contributed by atoms with Crippen LogP contribution in [0.3, 0.4) is 0 Å². The van der Waals surface area contributed by atoms with Gasteiger partial charge in [0.15, 0.2) is 0 Å². The molecule has 1 aliphatic heterocycles. The Morgan fingerprint density at radius 2 is 1.58 bits per heavy atom. The van der Waals surface area contributed by atoms with Gasteiger partial charge in [-0.3, -0.25) is 0 Å². The maximum Gasteiger partial charge on any atom is 0.294 e. The highest BCUT2D eigenvalue weighted by molar-refractivity contribution is 5.94. The standard InChI is InChI=1S/C16H14N2O/c1-3-7-13(8-4-1)15-11-12-19-16(18-15)17-14-9-5-2-6-10-14/h1-11H,12H2,(H,17,18). The molecule has 0 aromatic heterocycles. The third kappa shape index (κ3) is 2.83. The Morgan fingerprint density at radius 3 is 2.32 bits per heavy atom. The van der Waals surface area contributed by atoms with Gasteiger partial charge in [0, 0.05) is 11.3 Å². The van der Waals surface area contributed by atoms with Crippen LogP contribution in [0.4, 0.5) is 5.69 Å².